The summed E-state index contributed by atoms with van der Waals surface area (Å²) in [6.07, 6.45) is 5.76. The molecule has 0 saturated carbocycles. The van der Waals surface area contributed by atoms with Crippen LogP contribution in [0.2, 0.25) is 0 Å². The van der Waals surface area contributed by atoms with Gasteiger partial charge in [0.2, 0.25) is 0 Å². The molecule has 6 heteroatoms. The highest BCUT2D eigenvalue weighted by atomic mass is 16.4. The van der Waals surface area contributed by atoms with Gasteiger partial charge < -0.3 is 9.52 Å². The first-order chi connectivity index (χ1) is 13.1. The number of benzene rings is 1. The largest absolute Gasteiger partial charge is 0.478 e. The van der Waals surface area contributed by atoms with E-state index >= 15 is 0 Å². The fraction of sp³-hybridized carbons (Fsp3) is 0.286. The van der Waals surface area contributed by atoms with E-state index in [1.165, 1.54) is 0 Å². The van der Waals surface area contributed by atoms with E-state index < -0.39 is 5.97 Å². The van der Waals surface area contributed by atoms with Crippen molar-refractivity contribution in [3.8, 4) is 11.3 Å². The number of aryl methyl sites for hydroxylation is 1. The van der Waals surface area contributed by atoms with Gasteiger partial charge in [0.05, 0.1) is 29.5 Å². The molecule has 0 aliphatic carbocycles. The van der Waals surface area contributed by atoms with Gasteiger partial charge in [-0.05, 0) is 44.5 Å². The highest BCUT2D eigenvalue weighted by Gasteiger charge is 2.28. The molecule has 6 nitrogen and oxygen atoms in total. The molecular weight excluding hydrogens is 342 g/mol. The summed E-state index contributed by atoms with van der Waals surface area (Å²) in [5.41, 5.74) is 2.76. The molecule has 1 aliphatic heterocycles. The fourth-order valence-corrected chi connectivity index (χ4v) is 3.69. The van der Waals surface area contributed by atoms with Crippen LogP contribution in [0.5, 0.6) is 0 Å². The first-order valence-corrected chi connectivity index (χ1v) is 9.06. The number of likely N-dealkylation sites (tertiary alicyclic amines) is 1. The average Bonchev–Trinajstić information content (AvgIpc) is 3.32. The topological polar surface area (TPSA) is 79.5 Å². The van der Waals surface area contributed by atoms with Crippen LogP contribution in [0.4, 0.5) is 0 Å². The molecule has 0 spiro atoms. The van der Waals surface area contributed by atoms with Gasteiger partial charge in [0, 0.05) is 18.0 Å². The van der Waals surface area contributed by atoms with Crippen LogP contribution in [0, 0.1) is 6.92 Å². The third-order valence-corrected chi connectivity index (χ3v) is 4.92. The molecule has 0 unspecified atom stereocenters. The molecule has 2 aromatic heterocycles. The number of hydrogen-bond donors (Lipinski definition) is 1. The van der Waals surface area contributed by atoms with Gasteiger partial charge in [-0.25, -0.2) is 4.79 Å². The van der Waals surface area contributed by atoms with Gasteiger partial charge in [0.25, 0.3) is 0 Å². The van der Waals surface area contributed by atoms with Gasteiger partial charge >= 0.3 is 5.97 Å². The zero-order valence-electron chi connectivity index (χ0n) is 15.1. The standard InChI is InChI=1S/C21H21N3O3/c1-14-11-22-12-18(23-14)19-7-4-10-24(19)13-15-8-9-20(27-15)16-5-2-3-6-17(16)21(25)26/h2-3,5-6,8-9,11-12,19H,4,7,10,13H2,1H3,(H,25,26)/t19-/m0/s1. The molecule has 27 heavy (non-hydrogen) atoms. The highest BCUT2D eigenvalue weighted by molar-refractivity contribution is 5.95. The summed E-state index contributed by atoms with van der Waals surface area (Å²) in [6.45, 7) is 3.59. The van der Waals surface area contributed by atoms with Gasteiger partial charge in [0.15, 0.2) is 0 Å². The lowest BCUT2D eigenvalue weighted by Crippen LogP contribution is -2.23. The maximum absolute atomic E-state index is 11.4. The normalized spacial score (nSPS) is 17.3. The number of carboxylic acids is 1. The molecule has 0 radical (unpaired) electrons. The van der Waals surface area contributed by atoms with Crippen molar-refractivity contribution in [2.24, 2.45) is 0 Å². The molecule has 1 aromatic carbocycles. The Balaban J connectivity index is 1.55. The third kappa shape index (κ3) is 3.61. The van der Waals surface area contributed by atoms with Crippen LogP contribution in [0.3, 0.4) is 0 Å². The first kappa shape index (κ1) is 17.4. The molecule has 1 fully saturated rings. The third-order valence-electron chi connectivity index (χ3n) is 4.92. The number of carboxylic acid groups (broad SMARTS) is 1. The summed E-state index contributed by atoms with van der Waals surface area (Å²) in [4.78, 5) is 22.7. The van der Waals surface area contributed by atoms with Crippen molar-refractivity contribution in [2.75, 3.05) is 6.54 Å². The molecule has 0 amide bonds. The van der Waals surface area contributed by atoms with E-state index in [0.29, 0.717) is 17.9 Å². The van der Waals surface area contributed by atoms with Crippen molar-refractivity contribution in [2.45, 2.75) is 32.4 Å². The van der Waals surface area contributed by atoms with E-state index in [0.717, 1.165) is 36.5 Å². The molecule has 1 N–H and O–H groups in total. The maximum Gasteiger partial charge on any atom is 0.336 e. The van der Waals surface area contributed by atoms with Crippen LogP contribution in [0.15, 0.2) is 53.2 Å². The van der Waals surface area contributed by atoms with Crippen molar-refractivity contribution in [3.05, 3.63) is 71.5 Å². The predicted octanol–water partition coefficient (Wildman–Crippen LogP) is 4.08. The lowest BCUT2D eigenvalue weighted by Gasteiger charge is -2.22. The van der Waals surface area contributed by atoms with Crippen LogP contribution in [-0.4, -0.2) is 32.5 Å². The van der Waals surface area contributed by atoms with Crippen molar-refractivity contribution in [3.63, 3.8) is 0 Å². The summed E-state index contributed by atoms with van der Waals surface area (Å²) in [5.74, 6) is 0.438. The summed E-state index contributed by atoms with van der Waals surface area (Å²) >= 11 is 0. The number of furan rings is 1. The van der Waals surface area contributed by atoms with Crippen LogP contribution >= 0.6 is 0 Å². The average molecular weight is 363 g/mol. The zero-order chi connectivity index (χ0) is 18.8. The van der Waals surface area contributed by atoms with Crippen molar-refractivity contribution >= 4 is 5.97 Å². The minimum atomic E-state index is -0.957. The molecule has 1 saturated heterocycles. The van der Waals surface area contributed by atoms with Crippen molar-refractivity contribution in [1.29, 1.82) is 0 Å². The van der Waals surface area contributed by atoms with Gasteiger partial charge in [-0.2, -0.15) is 0 Å². The lowest BCUT2D eigenvalue weighted by atomic mass is 10.1. The van der Waals surface area contributed by atoms with Crippen LogP contribution in [-0.2, 0) is 6.54 Å². The second-order valence-electron chi connectivity index (χ2n) is 6.83. The Morgan fingerprint density at radius 3 is 2.93 bits per heavy atom. The van der Waals surface area contributed by atoms with Crippen molar-refractivity contribution < 1.29 is 14.3 Å². The molecule has 3 heterocycles. The summed E-state index contributed by atoms with van der Waals surface area (Å²) in [5, 5.41) is 9.38. The smallest absolute Gasteiger partial charge is 0.336 e. The zero-order valence-corrected chi connectivity index (χ0v) is 15.1. The van der Waals surface area contributed by atoms with E-state index in [4.69, 9.17) is 4.42 Å². The van der Waals surface area contributed by atoms with Gasteiger partial charge in [-0.1, -0.05) is 18.2 Å². The van der Waals surface area contributed by atoms with Crippen LogP contribution < -0.4 is 0 Å². The first-order valence-electron chi connectivity index (χ1n) is 9.06. The van der Waals surface area contributed by atoms with Gasteiger partial charge in [0.1, 0.15) is 11.5 Å². The monoisotopic (exact) mass is 363 g/mol. The van der Waals surface area contributed by atoms with E-state index in [1.807, 2.05) is 31.3 Å². The summed E-state index contributed by atoms with van der Waals surface area (Å²) in [6, 6.07) is 10.9. The van der Waals surface area contributed by atoms with Crippen LogP contribution in [0.25, 0.3) is 11.3 Å². The molecule has 4 rings (SSSR count). The Morgan fingerprint density at radius 2 is 2.11 bits per heavy atom. The molecule has 0 bridgehead atoms. The SMILES string of the molecule is Cc1cncc([C@@H]2CCCN2Cc2ccc(-c3ccccc3C(=O)O)o2)n1. The Morgan fingerprint density at radius 1 is 1.26 bits per heavy atom. The number of aromatic carboxylic acids is 1. The minimum absolute atomic E-state index is 0.234. The maximum atomic E-state index is 11.4. The van der Waals surface area contributed by atoms with E-state index in [9.17, 15) is 9.90 Å². The number of aromatic nitrogens is 2. The number of carbonyl (C=O) groups is 1. The minimum Gasteiger partial charge on any atom is -0.478 e. The molecule has 1 aliphatic rings. The number of hydrogen-bond acceptors (Lipinski definition) is 5. The Kier molecular flexibility index (Phi) is 4.73. The number of rotatable bonds is 5. The fourth-order valence-electron chi connectivity index (χ4n) is 3.69. The van der Waals surface area contributed by atoms with Crippen LogP contribution in [0.1, 0.15) is 46.4 Å². The van der Waals surface area contributed by atoms with E-state index in [1.54, 1.807) is 24.4 Å². The highest BCUT2D eigenvalue weighted by Crippen LogP contribution is 2.33. The predicted molar refractivity (Wildman–Crippen MR) is 100 cm³/mol. The molecular formula is C21H21N3O3. The molecule has 138 valence electrons. The second-order valence-corrected chi connectivity index (χ2v) is 6.83. The Hall–Kier alpha value is -2.99. The van der Waals surface area contributed by atoms with Crippen molar-refractivity contribution in [1.82, 2.24) is 14.9 Å². The second kappa shape index (κ2) is 7.32. The summed E-state index contributed by atoms with van der Waals surface area (Å²) in [7, 11) is 0. The van der Waals surface area contributed by atoms with E-state index in [2.05, 4.69) is 14.9 Å². The Bertz CT molecular complexity index is 967. The molecule has 1 atom stereocenters. The Labute approximate surface area is 157 Å². The number of nitrogens with zero attached hydrogens (tertiary/aromatic N) is 3. The van der Waals surface area contributed by atoms with Gasteiger partial charge in [-0.15, -0.1) is 0 Å². The molecule has 3 aromatic rings. The quantitative estimate of drug-likeness (QED) is 0.736. The van der Waals surface area contributed by atoms with E-state index in [-0.39, 0.29) is 11.6 Å². The lowest BCUT2D eigenvalue weighted by molar-refractivity contribution is 0.0697. The van der Waals surface area contributed by atoms with Gasteiger partial charge in [-0.3, -0.25) is 14.9 Å². The summed E-state index contributed by atoms with van der Waals surface area (Å²) < 4.78 is 5.99.